The smallest absolute Gasteiger partial charge is 0.226 e. The second-order valence-corrected chi connectivity index (χ2v) is 3.03. The third-order valence-corrected chi connectivity index (χ3v) is 1.69. The van der Waals surface area contributed by atoms with Crippen LogP contribution in [0.1, 0.15) is 12.5 Å². The molecule has 0 atom stereocenters. The molecule has 0 radical (unpaired) electrons. The summed E-state index contributed by atoms with van der Waals surface area (Å²) in [5.41, 5.74) is 0.881. The van der Waals surface area contributed by atoms with Gasteiger partial charge in [0.2, 0.25) is 5.24 Å². The van der Waals surface area contributed by atoms with Crippen LogP contribution in [0.4, 0.5) is 0 Å². The number of rotatable bonds is 4. The number of hydrogen-bond acceptors (Lipinski definition) is 2. The number of carbonyl (C=O) groups excluding carboxylic acids is 1. The van der Waals surface area contributed by atoms with Gasteiger partial charge in [-0.1, -0.05) is 12.1 Å². The zero-order chi connectivity index (χ0) is 9.68. The predicted octanol–water partition coefficient (Wildman–Crippen LogP) is 2.39. The van der Waals surface area contributed by atoms with Crippen LogP contribution in [0.2, 0.25) is 0 Å². The molecular weight excluding hydrogens is 188 g/mol. The Morgan fingerprint density at radius 3 is 2.92 bits per heavy atom. The highest BCUT2D eigenvalue weighted by Gasteiger charge is 2.00. The second kappa shape index (κ2) is 4.87. The molecule has 0 saturated carbocycles. The van der Waals surface area contributed by atoms with E-state index in [0.29, 0.717) is 6.61 Å². The van der Waals surface area contributed by atoms with Crippen LogP contribution < -0.4 is 4.74 Å². The van der Waals surface area contributed by atoms with Gasteiger partial charge in [0, 0.05) is 6.42 Å². The Labute approximate surface area is 82.5 Å². The average Bonchev–Trinajstić information content (AvgIpc) is 2.04. The quantitative estimate of drug-likeness (QED) is 0.695. The van der Waals surface area contributed by atoms with E-state index in [0.717, 1.165) is 11.3 Å². The van der Waals surface area contributed by atoms with Gasteiger partial charge in [-0.05, 0) is 36.2 Å². The molecule has 0 saturated heterocycles. The molecule has 0 heterocycles. The normalized spacial score (nSPS) is 9.69. The van der Waals surface area contributed by atoms with E-state index in [9.17, 15) is 4.79 Å². The van der Waals surface area contributed by atoms with Crippen molar-refractivity contribution in [2.24, 2.45) is 0 Å². The molecule has 0 aliphatic carbocycles. The number of halogens is 1. The van der Waals surface area contributed by atoms with Gasteiger partial charge in [-0.25, -0.2) is 0 Å². The molecule has 0 amide bonds. The van der Waals surface area contributed by atoms with E-state index >= 15 is 0 Å². The van der Waals surface area contributed by atoms with Crippen molar-refractivity contribution in [3.05, 3.63) is 29.8 Å². The minimum atomic E-state index is -0.353. The van der Waals surface area contributed by atoms with Crippen molar-refractivity contribution in [2.45, 2.75) is 13.3 Å². The lowest BCUT2D eigenvalue weighted by Gasteiger charge is -2.03. The lowest BCUT2D eigenvalue weighted by Crippen LogP contribution is -1.95. The molecule has 0 spiro atoms. The number of carbonyl (C=O) groups is 1. The van der Waals surface area contributed by atoms with Gasteiger partial charge in [0.25, 0.3) is 0 Å². The molecule has 1 aromatic rings. The first-order chi connectivity index (χ1) is 6.22. The lowest BCUT2D eigenvalue weighted by atomic mass is 10.1. The molecule has 13 heavy (non-hydrogen) atoms. The SMILES string of the molecule is CCOc1cccc(CC(=O)Cl)c1. The minimum absolute atomic E-state index is 0.252. The Bertz CT molecular complexity index is 297. The largest absolute Gasteiger partial charge is 0.494 e. The third kappa shape index (κ3) is 3.47. The molecule has 0 N–H and O–H groups in total. The standard InChI is InChI=1S/C10H11ClO2/c1-2-13-9-5-3-4-8(6-9)7-10(11)12/h3-6H,2,7H2,1H3. The summed E-state index contributed by atoms with van der Waals surface area (Å²) in [5.74, 6) is 0.776. The van der Waals surface area contributed by atoms with E-state index in [1.807, 2.05) is 31.2 Å². The lowest BCUT2D eigenvalue weighted by molar-refractivity contribution is -0.111. The fourth-order valence-electron chi connectivity index (χ4n) is 1.07. The Morgan fingerprint density at radius 1 is 1.54 bits per heavy atom. The predicted molar refractivity (Wildman–Crippen MR) is 52.2 cm³/mol. The van der Waals surface area contributed by atoms with Crippen LogP contribution in [0.5, 0.6) is 5.75 Å². The summed E-state index contributed by atoms with van der Waals surface area (Å²) in [5, 5.41) is -0.353. The first-order valence-corrected chi connectivity index (χ1v) is 4.50. The molecule has 2 nitrogen and oxygen atoms in total. The number of benzene rings is 1. The maximum atomic E-state index is 10.6. The summed E-state index contributed by atoms with van der Waals surface area (Å²) in [6.07, 6.45) is 0.252. The summed E-state index contributed by atoms with van der Waals surface area (Å²) in [7, 11) is 0. The van der Waals surface area contributed by atoms with Crippen molar-refractivity contribution < 1.29 is 9.53 Å². The summed E-state index contributed by atoms with van der Waals surface area (Å²) < 4.78 is 5.27. The van der Waals surface area contributed by atoms with Crippen molar-refractivity contribution in [1.29, 1.82) is 0 Å². The summed E-state index contributed by atoms with van der Waals surface area (Å²) in [6, 6.07) is 7.37. The van der Waals surface area contributed by atoms with Gasteiger partial charge >= 0.3 is 0 Å². The van der Waals surface area contributed by atoms with Crippen molar-refractivity contribution in [1.82, 2.24) is 0 Å². The van der Waals surface area contributed by atoms with E-state index in [1.54, 1.807) is 0 Å². The maximum absolute atomic E-state index is 10.6. The molecule has 0 aliphatic heterocycles. The molecule has 0 bridgehead atoms. The monoisotopic (exact) mass is 198 g/mol. The van der Waals surface area contributed by atoms with E-state index in [-0.39, 0.29) is 11.7 Å². The summed E-state index contributed by atoms with van der Waals surface area (Å²) in [6.45, 7) is 2.54. The van der Waals surface area contributed by atoms with Gasteiger partial charge in [-0.3, -0.25) is 4.79 Å². The zero-order valence-corrected chi connectivity index (χ0v) is 8.17. The van der Waals surface area contributed by atoms with Crippen molar-refractivity contribution in [2.75, 3.05) is 6.61 Å². The zero-order valence-electron chi connectivity index (χ0n) is 7.42. The molecule has 0 unspecified atom stereocenters. The van der Waals surface area contributed by atoms with E-state index < -0.39 is 0 Å². The molecule has 0 aliphatic rings. The molecule has 1 aromatic carbocycles. The molecule has 70 valence electrons. The Balaban J connectivity index is 2.73. The van der Waals surface area contributed by atoms with Crippen LogP contribution in [0.15, 0.2) is 24.3 Å². The average molecular weight is 199 g/mol. The Morgan fingerprint density at radius 2 is 2.31 bits per heavy atom. The first-order valence-electron chi connectivity index (χ1n) is 4.12. The van der Waals surface area contributed by atoms with Gasteiger partial charge in [-0.2, -0.15) is 0 Å². The van der Waals surface area contributed by atoms with Gasteiger partial charge in [-0.15, -0.1) is 0 Å². The number of hydrogen-bond donors (Lipinski definition) is 0. The molecule has 1 rings (SSSR count). The van der Waals surface area contributed by atoms with Crippen molar-refractivity contribution >= 4 is 16.8 Å². The van der Waals surface area contributed by atoms with Crippen molar-refractivity contribution in [3.63, 3.8) is 0 Å². The van der Waals surface area contributed by atoms with Crippen LogP contribution >= 0.6 is 11.6 Å². The van der Waals surface area contributed by atoms with Gasteiger partial charge in [0.05, 0.1) is 6.61 Å². The van der Waals surface area contributed by atoms with Crippen LogP contribution in [0, 0.1) is 0 Å². The Hall–Kier alpha value is -1.02. The number of ether oxygens (including phenoxy) is 1. The molecular formula is C10H11ClO2. The summed E-state index contributed by atoms with van der Waals surface area (Å²) in [4.78, 5) is 10.6. The fraction of sp³-hybridized carbons (Fsp3) is 0.300. The topological polar surface area (TPSA) is 26.3 Å². The van der Waals surface area contributed by atoms with E-state index in [1.165, 1.54) is 0 Å². The molecule has 0 aromatic heterocycles. The van der Waals surface area contributed by atoms with Crippen LogP contribution in [-0.2, 0) is 11.2 Å². The third-order valence-electron chi connectivity index (χ3n) is 1.55. The maximum Gasteiger partial charge on any atom is 0.226 e. The van der Waals surface area contributed by atoms with Crippen molar-refractivity contribution in [3.8, 4) is 5.75 Å². The van der Waals surface area contributed by atoms with Crippen LogP contribution in [0.3, 0.4) is 0 Å². The first kappa shape index (κ1) is 10.1. The van der Waals surface area contributed by atoms with Crippen LogP contribution in [-0.4, -0.2) is 11.8 Å². The second-order valence-electron chi connectivity index (χ2n) is 2.61. The Kier molecular flexibility index (Phi) is 3.77. The van der Waals surface area contributed by atoms with Gasteiger partial charge in [0.1, 0.15) is 5.75 Å². The highest BCUT2D eigenvalue weighted by atomic mass is 35.5. The molecule has 0 fully saturated rings. The highest BCUT2D eigenvalue weighted by Crippen LogP contribution is 2.14. The van der Waals surface area contributed by atoms with E-state index in [4.69, 9.17) is 16.3 Å². The van der Waals surface area contributed by atoms with Crippen LogP contribution in [0.25, 0.3) is 0 Å². The fourth-order valence-corrected chi connectivity index (χ4v) is 1.23. The molecule has 3 heteroatoms. The van der Waals surface area contributed by atoms with Gasteiger partial charge < -0.3 is 4.74 Å². The minimum Gasteiger partial charge on any atom is -0.494 e. The highest BCUT2D eigenvalue weighted by molar-refractivity contribution is 6.63. The van der Waals surface area contributed by atoms with E-state index in [2.05, 4.69) is 0 Å². The summed E-state index contributed by atoms with van der Waals surface area (Å²) >= 11 is 5.26. The van der Waals surface area contributed by atoms with Gasteiger partial charge in [0.15, 0.2) is 0 Å².